The largest absolute Gasteiger partial charge is 0.354 e. The van der Waals surface area contributed by atoms with Crippen LogP contribution in [0.15, 0.2) is 0 Å². The van der Waals surface area contributed by atoms with E-state index in [4.69, 9.17) is 33.0 Å². The Morgan fingerprint density at radius 1 is 1.60 bits per heavy atom. The zero-order valence-corrected chi connectivity index (χ0v) is 7.32. The SMILES string of the molecule is CC(Cl)(C(=O)Cl)P(=O)(O)O. The summed E-state index contributed by atoms with van der Waals surface area (Å²) in [6.07, 6.45) is 0. The average Bonchev–Trinajstić information content (AvgIpc) is 1.62. The predicted octanol–water partition coefficient (Wildman–Crippen LogP) is 0.884. The summed E-state index contributed by atoms with van der Waals surface area (Å²) in [5.74, 6) is 0. The molecular formula is C3H5Cl2O4P. The summed E-state index contributed by atoms with van der Waals surface area (Å²) in [5, 5.41) is -1.26. The van der Waals surface area contributed by atoms with Gasteiger partial charge in [-0.25, -0.2) is 0 Å². The quantitative estimate of drug-likeness (QED) is 0.400. The van der Waals surface area contributed by atoms with Crippen molar-refractivity contribution in [2.45, 2.75) is 11.5 Å². The fourth-order valence-corrected chi connectivity index (χ4v) is 0.674. The van der Waals surface area contributed by atoms with Crippen LogP contribution in [0.25, 0.3) is 0 Å². The highest BCUT2D eigenvalue weighted by Gasteiger charge is 2.46. The highest BCUT2D eigenvalue weighted by Crippen LogP contribution is 2.54. The Labute approximate surface area is 67.3 Å². The average molecular weight is 207 g/mol. The van der Waals surface area contributed by atoms with E-state index in [1.807, 2.05) is 0 Å². The van der Waals surface area contributed by atoms with Crippen molar-refractivity contribution in [2.75, 3.05) is 0 Å². The zero-order chi connectivity index (χ0) is 8.58. The van der Waals surface area contributed by atoms with Crippen molar-refractivity contribution in [3.8, 4) is 0 Å². The first-order valence-corrected chi connectivity index (χ1v) is 4.51. The van der Waals surface area contributed by atoms with Crippen molar-refractivity contribution < 1.29 is 19.1 Å². The highest BCUT2D eigenvalue weighted by molar-refractivity contribution is 7.57. The molecule has 0 aliphatic heterocycles. The van der Waals surface area contributed by atoms with E-state index < -0.39 is 17.5 Å². The number of hydrogen-bond acceptors (Lipinski definition) is 2. The molecule has 0 spiro atoms. The van der Waals surface area contributed by atoms with E-state index in [1.165, 1.54) is 0 Å². The summed E-state index contributed by atoms with van der Waals surface area (Å²) in [6.45, 7) is 0.866. The fraction of sp³-hybridized carbons (Fsp3) is 0.667. The minimum Gasteiger partial charge on any atom is -0.323 e. The Morgan fingerprint density at radius 2 is 1.90 bits per heavy atom. The number of carbonyl (C=O) groups excluding carboxylic acids is 1. The van der Waals surface area contributed by atoms with Gasteiger partial charge >= 0.3 is 7.60 Å². The van der Waals surface area contributed by atoms with Gasteiger partial charge in [0.15, 0.2) is 0 Å². The summed E-state index contributed by atoms with van der Waals surface area (Å²) in [6, 6.07) is 0. The van der Waals surface area contributed by atoms with Crippen LogP contribution in [0.3, 0.4) is 0 Å². The summed E-state index contributed by atoms with van der Waals surface area (Å²) in [4.78, 5) is 27.0. The second kappa shape index (κ2) is 2.80. The van der Waals surface area contributed by atoms with Crippen LogP contribution in [0.5, 0.6) is 0 Å². The molecule has 0 bridgehead atoms. The van der Waals surface area contributed by atoms with E-state index in [1.54, 1.807) is 0 Å². The van der Waals surface area contributed by atoms with Crippen LogP contribution >= 0.6 is 30.8 Å². The molecule has 0 aromatic carbocycles. The molecule has 0 amide bonds. The maximum Gasteiger partial charge on any atom is 0.354 e. The number of alkyl halides is 1. The molecule has 0 heterocycles. The standard InChI is InChI=1S/C3H5Cl2O4P/c1-3(5,2(4)6)10(7,8)9/h1H3,(H2,7,8,9). The van der Waals surface area contributed by atoms with Crippen molar-refractivity contribution in [2.24, 2.45) is 0 Å². The van der Waals surface area contributed by atoms with E-state index in [0.717, 1.165) is 6.92 Å². The van der Waals surface area contributed by atoms with Crippen molar-refractivity contribution in [3.63, 3.8) is 0 Å². The third kappa shape index (κ3) is 1.94. The van der Waals surface area contributed by atoms with Gasteiger partial charge in [0.2, 0.25) is 4.62 Å². The van der Waals surface area contributed by atoms with Gasteiger partial charge in [-0.1, -0.05) is 11.6 Å². The molecule has 60 valence electrons. The van der Waals surface area contributed by atoms with Crippen LogP contribution in [0.1, 0.15) is 6.92 Å². The first-order chi connectivity index (χ1) is 4.19. The van der Waals surface area contributed by atoms with Gasteiger partial charge in [-0.05, 0) is 18.5 Å². The van der Waals surface area contributed by atoms with Gasteiger partial charge in [0, 0.05) is 0 Å². The van der Waals surface area contributed by atoms with Crippen molar-refractivity contribution >= 4 is 36.0 Å². The first kappa shape index (κ1) is 10.4. The molecule has 0 aromatic heterocycles. The fourth-order valence-electron chi connectivity index (χ4n) is 0.115. The molecule has 1 unspecified atom stereocenters. The second-order valence-corrected chi connectivity index (χ2v) is 5.12. The van der Waals surface area contributed by atoms with Gasteiger partial charge in [0.05, 0.1) is 0 Å². The van der Waals surface area contributed by atoms with E-state index in [2.05, 4.69) is 0 Å². The van der Waals surface area contributed by atoms with E-state index in [-0.39, 0.29) is 0 Å². The maximum atomic E-state index is 10.4. The molecule has 0 aromatic rings. The van der Waals surface area contributed by atoms with Crippen LogP contribution in [-0.2, 0) is 9.36 Å². The van der Waals surface area contributed by atoms with E-state index in [0.29, 0.717) is 0 Å². The molecule has 0 saturated carbocycles. The van der Waals surface area contributed by atoms with Crippen LogP contribution in [-0.4, -0.2) is 19.6 Å². The van der Waals surface area contributed by atoms with E-state index >= 15 is 0 Å². The van der Waals surface area contributed by atoms with Crippen LogP contribution < -0.4 is 0 Å². The van der Waals surface area contributed by atoms with Gasteiger partial charge in [-0.15, -0.1) is 0 Å². The van der Waals surface area contributed by atoms with Crippen LogP contribution in [0.4, 0.5) is 0 Å². The van der Waals surface area contributed by atoms with Gasteiger partial charge in [-0.3, -0.25) is 9.36 Å². The third-order valence-corrected chi connectivity index (χ3v) is 3.64. The highest BCUT2D eigenvalue weighted by atomic mass is 35.5. The Balaban J connectivity index is 4.75. The molecule has 4 nitrogen and oxygen atoms in total. The molecule has 0 saturated heterocycles. The monoisotopic (exact) mass is 206 g/mol. The number of carbonyl (C=O) groups is 1. The lowest BCUT2D eigenvalue weighted by molar-refractivity contribution is -0.112. The lowest BCUT2D eigenvalue weighted by Gasteiger charge is -2.17. The molecule has 0 radical (unpaired) electrons. The topological polar surface area (TPSA) is 74.6 Å². The molecule has 0 rings (SSSR count). The summed E-state index contributed by atoms with van der Waals surface area (Å²) in [7, 11) is -4.64. The molecular weight excluding hydrogens is 202 g/mol. The molecule has 1 atom stereocenters. The Bertz CT molecular complexity index is 195. The molecule has 0 aliphatic rings. The summed E-state index contributed by atoms with van der Waals surface area (Å²) >= 11 is 9.89. The maximum absolute atomic E-state index is 10.4. The Morgan fingerprint density at radius 3 is 1.90 bits per heavy atom. The van der Waals surface area contributed by atoms with Crippen molar-refractivity contribution in [1.29, 1.82) is 0 Å². The Kier molecular flexibility index (Phi) is 2.91. The lowest BCUT2D eigenvalue weighted by Crippen LogP contribution is -2.24. The molecule has 2 N–H and O–H groups in total. The predicted molar refractivity (Wildman–Crippen MR) is 37.2 cm³/mol. The number of rotatable bonds is 2. The minimum atomic E-state index is -4.64. The molecule has 7 heteroatoms. The van der Waals surface area contributed by atoms with E-state index in [9.17, 15) is 9.36 Å². The molecule has 0 aliphatic carbocycles. The summed E-state index contributed by atoms with van der Waals surface area (Å²) in [5.41, 5.74) is 0. The van der Waals surface area contributed by atoms with Crippen LogP contribution in [0.2, 0.25) is 0 Å². The van der Waals surface area contributed by atoms with Crippen LogP contribution in [0, 0.1) is 0 Å². The normalized spacial score (nSPS) is 18.1. The minimum absolute atomic E-state index is 0.866. The van der Waals surface area contributed by atoms with Gasteiger partial charge in [0.1, 0.15) is 0 Å². The van der Waals surface area contributed by atoms with Crippen molar-refractivity contribution in [1.82, 2.24) is 0 Å². The summed E-state index contributed by atoms with van der Waals surface area (Å²) < 4.78 is 8.05. The smallest absolute Gasteiger partial charge is 0.323 e. The number of halogens is 2. The third-order valence-electron chi connectivity index (χ3n) is 0.906. The first-order valence-electron chi connectivity index (χ1n) is 2.14. The zero-order valence-electron chi connectivity index (χ0n) is 4.91. The van der Waals surface area contributed by atoms with Gasteiger partial charge in [-0.2, -0.15) is 0 Å². The molecule has 10 heavy (non-hydrogen) atoms. The Hall–Kier alpha value is 0.400. The number of hydrogen-bond donors (Lipinski definition) is 2. The van der Waals surface area contributed by atoms with Gasteiger partial charge < -0.3 is 9.79 Å². The lowest BCUT2D eigenvalue weighted by atomic mass is 10.5. The second-order valence-electron chi connectivity index (χ2n) is 1.77. The van der Waals surface area contributed by atoms with Crippen molar-refractivity contribution in [3.05, 3.63) is 0 Å². The molecule has 0 fully saturated rings. The van der Waals surface area contributed by atoms with Gasteiger partial charge in [0.25, 0.3) is 5.24 Å².